The lowest BCUT2D eigenvalue weighted by Crippen LogP contribution is -2.58. The van der Waals surface area contributed by atoms with Crippen LogP contribution < -0.4 is 20.9 Å². The maximum Gasteiger partial charge on any atom is 0.421 e. The van der Waals surface area contributed by atoms with Gasteiger partial charge in [-0.3, -0.25) is 0 Å². The SMILES string of the molecule is CCc1cc(N2CCN(C)CC2)ccc1Nc1ncc(C(F)(F)F)c(NCCCNC(=O)N2CC(C)(C)C2)n1. The Bertz CT molecular complexity index is 1140. The average molecular weight is 549 g/mol. The van der Waals surface area contributed by atoms with E-state index in [1.807, 2.05) is 19.1 Å². The summed E-state index contributed by atoms with van der Waals surface area (Å²) in [6.07, 6.45) is -2.61. The van der Waals surface area contributed by atoms with Crippen molar-refractivity contribution < 1.29 is 18.0 Å². The number of piperazine rings is 1. The topological polar surface area (TPSA) is 88.7 Å². The van der Waals surface area contributed by atoms with Gasteiger partial charge in [0.2, 0.25) is 5.95 Å². The lowest BCUT2D eigenvalue weighted by molar-refractivity contribution is -0.137. The summed E-state index contributed by atoms with van der Waals surface area (Å²) in [6.45, 7) is 12.1. The van der Waals surface area contributed by atoms with Crippen molar-refractivity contribution in [3.8, 4) is 0 Å². The summed E-state index contributed by atoms with van der Waals surface area (Å²) in [5, 5.41) is 8.71. The van der Waals surface area contributed by atoms with Crippen LogP contribution in [0, 0.1) is 5.41 Å². The van der Waals surface area contributed by atoms with Crippen molar-refractivity contribution in [1.29, 1.82) is 0 Å². The molecule has 3 N–H and O–H groups in total. The van der Waals surface area contributed by atoms with Crippen LogP contribution in [0.15, 0.2) is 24.4 Å². The quantitative estimate of drug-likeness (QED) is 0.400. The summed E-state index contributed by atoms with van der Waals surface area (Å²) >= 11 is 0. The minimum Gasteiger partial charge on any atom is -0.369 e. The molecule has 1 aromatic carbocycles. The molecular formula is C27H39F3N8O. The Hall–Kier alpha value is -3.28. The van der Waals surface area contributed by atoms with Crippen LogP contribution in [0.3, 0.4) is 0 Å². The Morgan fingerprint density at radius 3 is 2.46 bits per heavy atom. The molecule has 1 aromatic heterocycles. The third kappa shape index (κ3) is 7.43. The van der Waals surface area contributed by atoms with Crippen molar-refractivity contribution in [2.75, 3.05) is 74.9 Å². The molecule has 12 heteroatoms. The first-order valence-electron chi connectivity index (χ1n) is 13.5. The van der Waals surface area contributed by atoms with Gasteiger partial charge in [-0.25, -0.2) is 9.78 Å². The standard InChI is InChI=1S/C27H39F3N8O/c1-5-19-15-20(37-13-11-36(4)12-14-37)7-8-22(19)34-24-33-16-21(27(28,29)30)23(35-24)31-9-6-10-32-25(39)38-17-26(2,3)18-38/h7-8,15-16H,5-6,9-14,17-18H2,1-4H3,(H,32,39)(H2,31,33,34,35). The fraction of sp³-hybridized carbons (Fsp3) is 0.593. The number of nitrogens with zero attached hydrogens (tertiary/aromatic N) is 5. The molecule has 2 aromatic rings. The predicted octanol–water partition coefficient (Wildman–Crippen LogP) is 4.41. The summed E-state index contributed by atoms with van der Waals surface area (Å²) in [4.78, 5) is 26.6. The number of anilines is 4. The molecule has 0 radical (unpaired) electrons. The molecule has 0 aliphatic carbocycles. The van der Waals surface area contributed by atoms with Gasteiger partial charge in [0.05, 0.1) is 0 Å². The lowest BCUT2D eigenvalue weighted by atomic mass is 9.85. The maximum atomic E-state index is 13.6. The number of nitrogens with one attached hydrogen (secondary N) is 3. The van der Waals surface area contributed by atoms with E-state index in [4.69, 9.17) is 0 Å². The molecule has 2 fully saturated rings. The number of benzene rings is 1. The number of urea groups is 1. The molecule has 4 rings (SSSR count). The number of alkyl halides is 3. The van der Waals surface area contributed by atoms with Crippen LogP contribution in [-0.2, 0) is 12.6 Å². The number of likely N-dealkylation sites (tertiary alicyclic amines) is 1. The van der Waals surface area contributed by atoms with E-state index in [0.717, 1.165) is 55.7 Å². The number of likely N-dealkylation sites (N-methyl/N-ethyl adjacent to an activating group) is 1. The number of halogens is 3. The van der Waals surface area contributed by atoms with Gasteiger partial charge in [0, 0.05) is 75.3 Å². The van der Waals surface area contributed by atoms with Gasteiger partial charge in [-0.1, -0.05) is 20.8 Å². The summed E-state index contributed by atoms with van der Waals surface area (Å²) in [6, 6.07) is 5.92. The molecule has 214 valence electrons. The highest BCUT2D eigenvalue weighted by Gasteiger charge is 2.37. The van der Waals surface area contributed by atoms with Gasteiger partial charge < -0.3 is 30.7 Å². The van der Waals surface area contributed by atoms with Gasteiger partial charge >= 0.3 is 12.2 Å². The van der Waals surface area contributed by atoms with Crippen molar-refractivity contribution in [3.63, 3.8) is 0 Å². The van der Waals surface area contributed by atoms with Crippen LogP contribution in [0.2, 0.25) is 0 Å². The summed E-state index contributed by atoms with van der Waals surface area (Å²) in [5.41, 5.74) is 2.13. The second-order valence-corrected chi connectivity index (χ2v) is 11.1. The zero-order valence-electron chi connectivity index (χ0n) is 23.2. The maximum absolute atomic E-state index is 13.6. The molecule has 2 amide bonds. The number of hydrogen-bond acceptors (Lipinski definition) is 7. The van der Waals surface area contributed by atoms with Crippen molar-refractivity contribution in [2.45, 2.75) is 39.8 Å². The summed E-state index contributed by atoms with van der Waals surface area (Å²) < 4.78 is 40.9. The minimum absolute atomic E-state index is 0.0845. The largest absolute Gasteiger partial charge is 0.421 e. The van der Waals surface area contributed by atoms with E-state index in [0.29, 0.717) is 26.1 Å². The van der Waals surface area contributed by atoms with E-state index in [9.17, 15) is 18.0 Å². The molecule has 9 nitrogen and oxygen atoms in total. The van der Waals surface area contributed by atoms with Gasteiger partial charge in [-0.2, -0.15) is 18.2 Å². The van der Waals surface area contributed by atoms with Gasteiger partial charge in [-0.15, -0.1) is 0 Å². The second-order valence-electron chi connectivity index (χ2n) is 11.1. The fourth-order valence-corrected chi connectivity index (χ4v) is 4.89. The molecule has 2 aliphatic heterocycles. The highest BCUT2D eigenvalue weighted by Crippen LogP contribution is 2.34. The lowest BCUT2D eigenvalue weighted by Gasteiger charge is -2.45. The summed E-state index contributed by atoms with van der Waals surface area (Å²) in [5.74, 6) is -0.204. The van der Waals surface area contributed by atoms with Crippen molar-refractivity contribution in [3.05, 3.63) is 35.5 Å². The zero-order chi connectivity index (χ0) is 28.2. The van der Waals surface area contributed by atoms with Crippen LogP contribution in [0.25, 0.3) is 0 Å². The molecule has 0 spiro atoms. The van der Waals surface area contributed by atoms with Gasteiger partial charge in [0.15, 0.2) is 0 Å². The average Bonchev–Trinajstić information content (AvgIpc) is 2.87. The number of carbonyl (C=O) groups excluding carboxylic acids is 1. The Morgan fingerprint density at radius 1 is 1.10 bits per heavy atom. The molecule has 0 saturated carbocycles. The Balaban J connectivity index is 1.38. The van der Waals surface area contributed by atoms with E-state index in [2.05, 4.69) is 62.7 Å². The Kier molecular flexibility index (Phi) is 8.73. The predicted molar refractivity (Wildman–Crippen MR) is 148 cm³/mol. The highest BCUT2D eigenvalue weighted by molar-refractivity contribution is 5.75. The summed E-state index contributed by atoms with van der Waals surface area (Å²) in [7, 11) is 2.11. The molecule has 0 bridgehead atoms. The van der Waals surface area contributed by atoms with Crippen LogP contribution >= 0.6 is 0 Å². The Morgan fingerprint density at radius 2 is 1.82 bits per heavy atom. The molecule has 2 saturated heterocycles. The van der Waals surface area contributed by atoms with E-state index in [1.54, 1.807) is 4.90 Å². The van der Waals surface area contributed by atoms with Crippen LogP contribution in [-0.4, -0.2) is 85.2 Å². The van der Waals surface area contributed by atoms with Gasteiger partial charge in [0.1, 0.15) is 11.4 Å². The smallest absolute Gasteiger partial charge is 0.369 e. The number of amides is 2. The van der Waals surface area contributed by atoms with Gasteiger partial charge in [0.25, 0.3) is 0 Å². The minimum atomic E-state index is -4.60. The molecule has 0 unspecified atom stereocenters. The van der Waals surface area contributed by atoms with E-state index in [-0.39, 0.29) is 29.8 Å². The van der Waals surface area contributed by atoms with Gasteiger partial charge in [-0.05, 0) is 43.7 Å². The van der Waals surface area contributed by atoms with Crippen molar-refractivity contribution in [1.82, 2.24) is 25.1 Å². The molecule has 0 atom stereocenters. The molecule has 2 aliphatic rings. The first-order valence-corrected chi connectivity index (χ1v) is 13.5. The monoisotopic (exact) mass is 548 g/mol. The van der Waals surface area contributed by atoms with Crippen LogP contribution in [0.1, 0.15) is 38.3 Å². The molecule has 3 heterocycles. The number of aromatic nitrogens is 2. The normalized spacial score (nSPS) is 17.5. The number of rotatable bonds is 9. The molecule has 39 heavy (non-hydrogen) atoms. The highest BCUT2D eigenvalue weighted by atomic mass is 19.4. The van der Waals surface area contributed by atoms with Crippen LogP contribution in [0.4, 0.5) is 41.1 Å². The third-order valence-electron chi connectivity index (χ3n) is 7.13. The number of aryl methyl sites for hydroxylation is 1. The van der Waals surface area contributed by atoms with E-state index in [1.165, 1.54) is 0 Å². The van der Waals surface area contributed by atoms with E-state index >= 15 is 0 Å². The van der Waals surface area contributed by atoms with Crippen molar-refractivity contribution in [2.24, 2.45) is 5.41 Å². The van der Waals surface area contributed by atoms with Crippen molar-refractivity contribution >= 4 is 29.2 Å². The first-order chi connectivity index (χ1) is 18.4. The Labute approximate surface area is 228 Å². The number of hydrogen-bond donors (Lipinski definition) is 3. The molecular weight excluding hydrogens is 509 g/mol. The third-order valence-corrected chi connectivity index (χ3v) is 7.13. The number of carbonyl (C=O) groups is 1. The second kappa shape index (κ2) is 11.8. The van der Waals surface area contributed by atoms with Crippen LogP contribution in [0.5, 0.6) is 0 Å². The first kappa shape index (κ1) is 28.7. The fourth-order valence-electron chi connectivity index (χ4n) is 4.89. The van der Waals surface area contributed by atoms with E-state index < -0.39 is 11.7 Å². The zero-order valence-corrected chi connectivity index (χ0v) is 23.2.